The molecule has 1 aliphatic rings. The lowest BCUT2D eigenvalue weighted by atomic mass is 9.98. The molecule has 106 valence electrons. The summed E-state index contributed by atoms with van der Waals surface area (Å²) in [5.74, 6) is -0.334. The van der Waals surface area contributed by atoms with Crippen molar-refractivity contribution < 1.29 is 9.53 Å². The quantitative estimate of drug-likeness (QED) is 0.660. The van der Waals surface area contributed by atoms with Gasteiger partial charge in [-0.1, -0.05) is 30.3 Å². The van der Waals surface area contributed by atoms with Crippen molar-refractivity contribution in [3.05, 3.63) is 47.2 Å². The normalized spacial score (nSPS) is 15.4. The van der Waals surface area contributed by atoms with E-state index in [2.05, 4.69) is 10.6 Å². The molecule has 0 radical (unpaired) electrons. The van der Waals surface area contributed by atoms with E-state index in [9.17, 15) is 4.79 Å². The van der Waals surface area contributed by atoms with Gasteiger partial charge in [-0.25, -0.2) is 4.79 Å². The van der Waals surface area contributed by atoms with E-state index in [1.54, 1.807) is 0 Å². The van der Waals surface area contributed by atoms with Gasteiger partial charge in [-0.15, -0.1) is 0 Å². The molecule has 0 spiro atoms. The first-order chi connectivity index (χ1) is 9.40. The Morgan fingerprint density at radius 1 is 1.30 bits per heavy atom. The highest BCUT2D eigenvalue weighted by molar-refractivity contribution is 7.80. The van der Waals surface area contributed by atoms with Crippen LogP contribution in [-0.2, 0) is 15.1 Å². The second-order valence-corrected chi connectivity index (χ2v) is 5.59. The van der Waals surface area contributed by atoms with Crippen LogP contribution in [0.15, 0.2) is 41.6 Å². The molecule has 1 aromatic rings. The number of ether oxygens (including phenoxy) is 1. The van der Waals surface area contributed by atoms with E-state index in [1.165, 1.54) is 0 Å². The van der Waals surface area contributed by atoms with Crippen LogP contribution in [0.1, 0.15) is 26.3 Å². The van der Waals surface area contributed by atoms with Crippen LogP contribution < -0.4 is 10.6 Å². The zero-order valence-corrected chi connectivity index (χ0v) is 12.6. The predicted octanol–water partition coefficient (Wildman–Crippen LogP) is 2.22. The maximum atomic E-state index is 12.3. The molecule has 5 heteroatoms. The minimum absolute atomic E-state index is 0.334. The standard InChI is InChI=1S/C15H18N2O2S/c1-10-12(9-16-14(20)17-10)13(18)19-15(2,3)11-7-5-4-6-8-11/h4-8H,9H2,1-3H3,(H2,16,17,20). The lowest BCUT2D eigenvalue weighted by Crippen LogP contribution is -2.43. The molecule has 1 aromatic carbocycles. The molecule has 1 aliphatic heterocycles. The zero-order chi connectivity index (χ0) is 14.8. The number of nitrogens with one attached hydrogen (secondary N) is 2. The number of benzene rings is 1. The summed E-state index contributed by atoms with van der Waals surface area (Å²) in [5, 5.41) is 6.39. The molecule has 0 bridgehead atoms. The Morgan fingerprint density at radius 3 is 2.55 bits per heavy atom. The Labute approximate surface area is 124 Å². The fourth-order valence-electron chi connectivity index (χ4n) is 2.01. The molecule has 0 aromatic heterocycles. The molecule has 0 unspecified atom stereocenters. The SMILES string of the molecule is CC1=C(C(=O)OC(C)(C)c2ccccc2)CNC(=S)N1. The third-order valence-electron chi connectivity index (χ3n) is 3.24. The summed E-state index contributed by atoms with van der Waals surface area (Å²) in [7, 11) is 0. The van der Waals surface area contributed by atoms with Crippen molar-refractivity contribution in [3.63, 3.8) is 0 Å². The van der Waals surface area contributed by atoms with Crippen LogP contribution in [0.2, 0.25) is 0 Å². The summed E-state index contributed by atoms with van der Waals surface area (Å²) in [4.78, 5) is 12.3. The van der Waals surface area contributed by atoms with Crippen molar-refractivity contribution in [3.8, 4) is 0 Å². The second kappa shape index (κ2) is 5.63. The third kappa shape index (κ3) is 3.17. The summed E-state index contributed by atoms with van der Waals surface area (Å²) >= 11 is 5.00. The van der Waals surface area contributed by atoms with E-state index in [-0.39, 0.29) is 5.97 Å². The number of rotatable bonds is 3. The summed E-state index contributed by atoms with van der Waals surface area (Å²) in [6, 6.07) is 9.68. The van der Waals surface area contributed by atoms with Gasteiger partial charge in [0.25, 0.3) is 0 Å². The van der Waals surface area contributed by atoms with E-state index in [4.69, 9.17) is 17.0 Å². The van der Waals surface area contributed by atoms with Crippen LogP contribution in [0.25, 0.3) is 0 Å². The molecule has 0 aliphatic carbocycles. The Bertz CT molecular complexity index is 564. The summed E-state index contributed by atoms with van der Waals surface area (Å²) in [6.45, 7) is 5.97. The van der Waals surface area contributed by atoms with Gasteiger partial charge in [0, 0.05) is 5.70 Å². The first-order valence-corrected chi connectivity index (χ1v) is 6.84. The number of allylic oxidation sites excluding steroid dienone is 1. The second-order valence-electron chi connectivity index (χ2n) is 5.18. The fraction of sp³-hybridized carbons (Fsp3) is 0.333. The van der Waals surface area contributed by atoms with Gasteiger partial charge in [0.15, 0.2) is 5.11 Å². The van der Waals surface area contributed by atoms with Crippen LogP contribution in [0.4, 0.5) is 0 Å². The molecule has 4 nitrogen and oxygen atoms in total. The van der Waals surface area contributed by atoms with Crippen molar-refractivity contribution in [2.24, 2.45) is 0 Å². The Balaban J connectivity index is 2.16. The van der Waals surface area contributed by atoms with Crippen molar-refractivity contribution in [1.82, 2.24) is 10.6 Å². The molecular weight excluding hydrogens is 272 g/mol. The van der Waals surface area contributed by atoms with Gasteiger partial charge in [0.05, 0.1) is 12.1 Å². The minimum Gasteiger partial charge on any atom is -0.451 e. The molecule has 0 atom stereocenters. The van der Waals surface area contributed by atoms with Gasteiger partial charge in [0.1, 0.15) is 5.60 Å². The summed E-state index contributed by atoms with van der Waals surface area (Å²) in [6.07, 6.45) is 0. The summed E-state index contributed by atoms with van der Waals surface area (Å²) < 4.78 is 5.65. The van der Waals surface area contributed by atoms with Crippen LogP contribution in [0, 0.1) is 0 Å². The number of carbonyl (C=O) groups excluding carboxylic acids is 1. The molecule has 2 rings (SSSR count). The first-order valence-electron chi connectivity index (χ1n) is 6.43. The monoisotopic (exact) mass is 290 g/mol. The Morgan fingerprint density at radius 2 is 1.95 bits per heavy atom. The highest BCUT2D eigenvalue weighted by atomic mass is 32.1. The third-order valence-corrected chi connectivity index (χ3v) is 3.49. The van der Waals surface area contributed by atoms with Crippen molar-refractivity contribution in [1.29, 1.82) is 0 Å². The van der Waals surface area contributed by atoms with E-state index < -0.39 is 5.60 Å². The molecular formula is C15H18N2O2S. The number of hydrogen-bond donors (Lipinski definition) is 2. The van der Waals surface area contributed by atoms with Gasteiger partial charge >= 0.3 is 5.97 Å². The van der Waals surface area contributed by atoms with Crippen molar-refractivity contribution >= 4 is 23.3 Å². The number of thiocarbonyl (C=S) groups is 1. The van der Waals surface area contributed by atoms with Crippen LogP contribution >= 0.6 is 12.2 Å². The van der Waals surface area contributed by atoms with Crippen LogP contribution in [0.3, 0.4) is 0 Å². The lowest BCUT2D eigenvalue weighted by molar-refractivity contribution is -0.152. The Kier molecular flexibility index (Phi) is 4.09. The van der Waals surface area contributed by atoms with E-state index in [0.29, 0.717) is 17.2 Å². The van der Waals surface area contributed by atoms with Gasteiger partial charge in [0.2, 0.25) is 0 Å². The van der Waals surface area contributed by atoms with Crippen LogP contribution in [-0.4, -0.2) is 17.6 Å². The molecule has 0 fully saturated rings. The number of hydrogen-bond acceptors (Lipinski definition) is 3. The average molecular weight is 290 g/mol. The number of carbonyl (C=O) groups is 1. The smallest absolute Gasteiger partial charge is 0.338 e. The Hall–Kier alpha value is -1.88. The average Bonchev–Trinajstić information content (AvgIpc) is 2.39. The van der Waals surface area contributed by atoms with Gasteiger partial charge in [-0.3, -0.25) is 0 Å². The van der Waals surface area contributed by atoms with Crippen LogP contribution in [0.5, 0.6) is 0 Å². The van der Waals surface area contributed by atoms with E-state index in [1.807, 2.05) is 51.1 Å². The van der Waals surface area contributed by atoms with Crippen molar-refractivity contribution in [2.75, 3.05) is 6.54 Å². The molecule has 20 heavy (non-hydrogen) atoms. The maximum Gasteiger partial charge on any atom is 0.338 e. The van der Waals surface area contributed by atoms with Crippen molar-refractivity contribution in [2.45, 2.75) is 26.4 Å². The molecule has 0 saturated heterocycles. The fourth-order valence-corrected chi connectivity index (χ4v) is 2.23. The summed E-state index contributed by atoms with van der Waals surface area (Å²) in [5.41, 5.74) is 1.59. The minimum atomic E-state index is -0.677. The largest absolute Gasteiger partial charge is 0.451 e. The van der Waals surface area contributed by atoms with Gasteiger partial charge < -0.3 is 15.4 Å². The first kappa shape index (κ1) is 14.5. The molecule has 0 amide bonds. The molecule has 1 heterocycles. The van der Waals surface area contributed by atoms with E-state index in [0.717, 1.165) is 11.3 Å². The lowest BCUT2D eigenvalue weighted by Gasteiger charge is -2.28. The number of esters is 1. The highest BCUT2D eigenvalue weighted by Gasteiger charge is 2.28. The van der Waals surface area contributed by atoms with Gasteiger partial charge in [-0.2, -0.15) is 0 Å². The molecule has 0 saturated carbocycles. The van der Waals surface area contributed by atoms with E-state index >= 15 is 0 Å². The maximum absolute atomic E-state index is 12.3. The predicted molar refractivity (Wildman–Crippen MR) is 82.0 cm³/mol. The zero-order valence-electron chi connectivity index (χ0n) is 11.8. The highest BCUT2D eigenvalue weighted by Crippen LogP contribution is 2.26. The van der Waals surface area contributed by atoms with Gasteiger partial charge in [-0.05, 0) is 38.6 Å². The molecule has 2 N–H and O–H groups in total. The topological polar surface area (TPSA) is 50.4 Å².